The van der Waals surface area contributed by atoms with Gasteiger partial charge in [0.2, 0.25) is 0 Å². The van der Waals surface area contributed by atoms with Crippen LogP contribution >= 0.6 is 0 Å². The molecule has 80 valence electrons. The van der Waals surface area contributed by atoms with Gasteiger partial charge in [0.15, 0.2) is 0 Å². The molecule has 0 aromatic rings. The summed E-state index contributed by atoms with van der Waals surface area (Å²) in [5, 5.41) is 1.41. The molecule has 14 heavy (non-hydrogen) atoms. The van der Waals surface area contributed by atoms with E-state index in [9.17, 15) is 0 Å². The van der Waals surface area contributed by atoms with E-state index in [0.29, 0.717) is 15.9 Å². The molecule has 0 spiro atoms. The number of hydrogen-bond acceptors (Lipinski definition) is 0. The molecule has 0 rings (SSSR count). The number of rotatable bonds is 0. The zero-order chi connectivity index (χ0) is 11.1. The summed E-state index contributed by atoms with van der Waals surface area (Å²) < 4.78 is 0. The summed E-state index contributed by atoms with van der Waals surface area (Å²) in [6, 6.07) is 0. The third kappa shape index (κ3) is 5.23. The van der Waals surface area contributed by atoms with Gasteiger partial charge in [-0.15, -0.1) is 0 Å². The Bertz CT molecular complexity index is 133. The average Bonchev–Trinajstić information content (AvgIpc) is 1.44. The second-order valence-electron chi connectivity index (χ2n) is 8.21. The molecule has 0 aromatic heterocycles. The molecule has 0 saturated heterocycles. The van der Waals surface area contributed by atoms with E-state index in [-0.39, 0.29) is 36.3 Å². The van der Waals surface area contributed by atoms with E-state index in [1.165, 1.54) is 0 Å². The van der Waals surface area contributed by atoms with Crippen molar-refractivity contribution < 1.29 is 29.6 Å². The molecule has 0 heterocycles. The summed E-state index contributed by atoms with van der Waals surface area (Å²) in [7, 11) is 0. The predicted molar refractivity (Wildman–Crippen MR) is 66.3 cm³/mol. The van der Waals surface area contributed by atoms with Gasteiger partial charge in [-0.25, -0.2) is 0 Å². The van der Waals surface area contributed by atoms with Crippen molar-refractivity contribution >= 4 is 6.71 Å². The largest absolute Gasteiger partial charge is 1.00 e. The molecule has 0 atom stereocenters. The van der Waals surface area contributed by atoms with E-state index in [1.807, 2.05) is 0 Å². The first-order chi connectivity index (χ1) is 5.37. The molecule has 0 radical (unpaired) electrons. The van der Waals surface area contributed by atoms with Gasteiger partial charge in [0.1, 0.15) is 0 Å². The molecule has 0 aliphatic carbocycles. The standard InChI is InChI=1S/C12H28B.Na/c1-10(2,3)13(11(4,5)6)12(7,8)9;/h13H,1-9H3;/q-1;+1. The van der Waals surface area contributed by atoms with Gasteiger partial charge in [-0.1, -0.05) is 62.3 Å². The monoisotopic (exact) mass is 206 g/mol. The summed E-state index contributed by atoms with van der Waals surface area (Å²) in [4.78, 5) is 0. The Morgan fingerprint density at radius 1 is 0.500 bits per heavy atom. The third-order valence-corrected chi connectivity index (χ3v) is 3.18. The Hall–Kier alpha value is 1.06. The fourth-order valence-electron chi connectivity index (χ4n) is 4.77. The Kier molecular flexibility index (Phi) is 6.15. The Labute approximate surface area is 114 Å². The van der Waals surface area contributed by atoms with Crippen LogP contribution in [0.3, 0.4) is 0 Å². The first kappa shape index (κ1) is 17.5. The van der Waals surface area contributed by atoms with Crippen molar-refractivity contribution in [1.29, 1.82) is 0 Å². The quantitative estimate of drug-likeness (QED) is 0.528. The van der Waals surface area contributed by atoms with Crippen LogP contribution in [0.4, 0.5) is 0 Å². The van der Waals surface area contributed by atoms with Crippen LogP contribution in [0.25, 0.3) is 0 Å². The topological polar surface area (TPSA) is 0 Å². The van der Waals surface area contributed by atoms with Crippen molar-refractivity contribution in [3.05, 3.63) is 0 Å². The van der Waals surface area contributed by atoms with Crippen LogP contribution < -0.4 is 29.6 Å². The van der Waals surface area contributed by atoms with Gasteiger partial charge in [0, 0.05) is 0 Å². The molecule has 0 saturated carbocycles. The summed E-state index contributed by atoms with van der Waals surface area (Å²) in [5.74, 6) is 0. The maximum atomic E-state index is 2.39. The fraction of sp³-hybridized carbons (Fsp3) is 1.00. The minimum atomic E-state index is -0.188. The second-order valence-corrected chi connectivity index (χ2v) is 8.21. The predicted octanol–water partition coefficient (Wildman–Crippen LogP) is 1.62. The van der Waals surface area contributed by atoms with E-state index in [2.05, 4.69) is 62.3 Å². The average molecular weight is 206 g/mol. The molecular weight excluding hydrogens is 178 g/mol. The van der Waals surface area contributed by atoms with Gasteiger partial charge < -0.3 is 0 Å². The van der Waals surface area contributed by atoms with Crippen LogP contribution in [0.2, 0.25) is 15.9 Å². The summed E-state index contributed by atoms with van der Waals surface area (Å²) in [5.41, 5.74) is 0. The Morgan fingerprint density at radius 2 is 0.643 bits per heavy atom. The van der Waals surface area contributed by atoms with Gasteiger partial charge in [-0.05, 0) is 6.71 Å². The Morgan fingerprint density at radius 3 is 0.643 bits per heavy atom. The van der Waals surface area contributed by atoms with Crippen molar-refractivity contribution in [3.63, 3.8) is 0 Å². The first-order valence-corrected chi connectivity index (χ1v) is 5.56. The van der Waals surface area contributed by atoms with Gasteiger partial charge >= 0.3 is 29.6 Å². The first-order valence-electron chi connectivity index (χ1n) is 5.56. The second kappa shape index (κ2) is 4.93. The molecule has 2 heteroatoms. The van der Waals surface area contributed by atoms with Gasteiger partial charge in [-0.3, -0.25) is 0 Å². The van der Waals surface area contributed by atoms with Gasteiger partial charge in [0.05, 0.1) is 0 Å². The number of hydrogen-bond donors (Lipinski definition) is 0. The van der Waals surface area contributed by atoms with E-state index in [0.717, 1.165) is 0 Å². The van der Waals surface area contributed by atoms with E-state index in [1.54, 1.807) is 0 Å². The van der Waals surface area contributed by atoms with E-state index < -0.39 is 0 Å². The van der Waals surface area contributed by atoms with E-state index in [4.69, 9.17) is 0 Å². The van der Waals surface area contributed by atoms with Crippen molar-refractivity contribution in [1.82, 2.24) is 0 Å². The molecule has 0 amide bonds. The molecule has 0 fully saturated rings. The van der Waals surface area contributed by atoms with Crippen molar-refractivity contribution in [2.45, 2.75) is 78.3 Å². The van der Waals surface area contributed by atoms with Crippen LogP contribution in [0.5, 0.6) is 0 Å². The summed E-state index contributed by atoms with van der Waals surface area (Å²) in [6.45, 7) is 21.3. The molecule has 0 bridgehead atoms. The summed E-state index contributed by atoms with van der Waals surface area (Å²) in [6.07, 6.45) is 0. The smallest absolute Gasteiger partial charge is 0.165 e. The fourth-order valence-corrected chi connectivity index (χ4v) is 4.77. The zero-order valence-electron chi connectivity index (χ0n) is 12.2. The van der Waals surface area contributed by atoms with Gasteiger partial charge in [0.25, 0.3) is 0 Å². The van der Waals surface area contributed by atoms with E-state index >= 15 is 0 Å². The van der Waals surface area contributed by atoms with Crippen LogP contribution in [0.15, 0.2) is 0 Å². The van der Waals surface area contributed by atoms with Gasteiger partial charge in [-0.2, -0.15) is 15.9 Å². The minimum absolute atomic E-state index is 0. The molecule has 0 aliphatic rings. The maximum Gasteiger partial charge on any atom is 1.00 e. The molecule has 0 aromatic carbocycles. The SMILES string of the molecule is CC(C)(C)[BH-](C(C)(C)C)C(C)(C)C.[Na+]. The van der Waals surface area contributed by atoms with Crippen LogP contribution in [0, 0.1) is 0 Å². The minimum Gasteiger partial charge on any atom is -0.165 e. The van der Waals surface area contributed by atoms with Crippen LogP contribution in [-0.4, -0.2) is 6.71 Å². The molecule has 0 aliphatic heterocycles. The zero-order valence-corrected chi connectivity index (χ0v) is 14.2. The van der Waals surface area contributed by atoms with Crippen LogP contribution in [0.1, 0.15) is 62.3 Å². The molecule has 0 N–H and O–H groups in total. The molecule has 0 unspecified atom stereocenters. The summed E-state index contributed by atoms with van der Waals surface area (Å²) >= 11 is 0. The molecular formula is C12H28BNa. The van der Waals surface area contributed by atoms with Crippen molar-refractivity contribution in [2.24, 2.45) is 0 Å². The van der Waals surface area contributed by atoms with Crippen molar-refractivity contribution in [2.75, 3.05) is 0 Å². The van der Waals surface area contributed by atoms with Crippen molar-refractivity contribution in [3.8, 4) is 0 Å². The van der Waals surface area contributed by atoms with Crippen LogP contribution in [-0.2, 0) is 0 Å². The Balaban J connectivity index is 0. The normalized spacial score (nSPS) is 14.1. The molecule has 0 nitrogen and oxygen atoms in total. The third-order valence-electron chi connectivity index (χ3n) is 3.18. The maximum absolute atomic E-state index is 2.39.